The Morgan fingerprint density at radius 3 is 2.68 bits per heavy atom. The summed E-state index contributed by atoms with van der Waals surface area (Å²) in [5.41, 5.74) is 7.47. The number of carbonyl (C=O) groups excluding carboxylic acids is 1. The predicted octanol–water partition coefficient (Wildman–Crippen LogP) is 6.62. The van der Waals surface area contributed by atoms with E-state index in [0.717, 1.165) is 51.6 Å². The quantitative estimate of drug-likeness (QED) is 0.316. The molecule has 1 aliphatic heterocycles. The van der Waals surface area contributed by atoms with Gasteiger partial charge in [0.05, 0.1) is 12.2 Å². The van der Waals surface area contributed by atoms with Gasteiger partial charge >= 0.3 is 0 Å². The van der Waals surface area contributed by atoms with Crippen LogP contribution in [0.15, 0.2) is 60.3 Å². The number of hydrogen-bond acceptors (Lipinski definition) is 4. The molecule has 2 aliphatic rings. The summed E-state index contributed by atoms with van der Waals surface area (Å²) >= 11 is 0. The van der Waals surface area contributed by atoms with Crippen LogP contribution in [0.4, 0.5) is 0 Å². The molecular weight excluding hydrogens is 418 g/mol. The normalized spacial score (nSPS) is 19.5. The second-order valence-electron chi connectivity index (χ2n) is 9.91. The lowest BCUT2D eigenvalue weighted by Crippen LogP contribution is -2.21. The fraction of sp³-hybridized carbons (Fsp3) is 0.367. The molecule has 0 atom stereocenters. The predicted molar refractivity (Wildman–Crippen MR) is 143 cm³/mol. The van der Waals surface area contributed by atoms with Crippen LogP contribution >= 0.6 is 0 Å². The Balaban J connectivity index is 1.74. The van der Waals surface area contributed by atoms with Crippen LogP contribution in [0, 0.1) is 18.8 Å². The van der Waals surface area contributed by atoms with Gasteiger partial charge in [0.25, 0.3) is 0 Å². The Kier molecular flexibility index (Phi) is 7.26. The molecule has 2 heterocycles. The van der Waals surface area contributed by atoms with Crippen LogP contribution in [0.2, 0.25) is 0 Å². The third-order valence-electron chi connectivity index (χ3n) is 6.81. The first-order chi connectivity index (χ1) is 16.4. The van der Waals surface area contributed by atoms with Gasteiger partial charge in [-0.25, -0.2) is 0 Å². The Bertz CT molecular complexity index is 1180. The van der Waals surface area contributed by atoms with Gasteiger partial charge in [-0.15, -0.1) is 0 Å². The Hall–Kier alpha value is -3.27. The Morgan fingerprint density at radius 2 is 2.03 bits per heavy atom. The van der Waals surface area contributed by atoms with Gasteiger partial charge in [0.15, 0.2) is 5.78 Å². The van der Waals surface area contributed by atoms with Crippen molar-refractivity contribution in [2.24, 2.45) is 16.8 Å². The summed E-state index contributed by atoms with van der Waals surface area (Å²) in [6, 6.07) is 10.3. The van der Waals surface area contributed by atoms with Crippen molar-refractivity contribution in [3.05, 3.63) is 77.6 Å². The van der Waals surface area contributed by atoms with Crippen molar-refractivity contribution >= 4 is 23.1 Å². The minimum absolute atomic E-state index is 0.178. The summed E-state index contributed by atoms with van der Waals surface area (Å²) in [7, 11) is 4.00. The molecule has 4 nitrogen and oxygen atoms in total. The molecule has 0 spiro atoms. The summed E-state index contributed by atoms with van der Waals surface area (Å²) in [5.74, 6) is 1.66. The molecule has 34 heavy (non-hydrogen) atoms. The highest BCUT2D eigenvalue weighted by molar-refractivity contribution is 6.13. The van der Waals surface area contributed by atoms with E-state index >= 15 is 0 Å². The molecule has 0 saturated heterocycles. The molecule has 176 valence electrons. The average molecular weight is 454 g/mol. The number of carbonyl (C=O) groups is 1. The van der Waals surface area contributed by atoms with Crippen molar-refractivity contribution < 1.29 is 4.79 Å². The van der Waals surface area contributed by atoms with E-state index in [1.807, 2.05) is 62.6 Å². The van der Waals surface area contributed by atoms with E-state index in [4.69, 9.17) is 4.98 Å². The van der Waals surface area contributed by atoms with Crippen molar-refractivity contribution in [3.8, 4) is 11.3 Å². The van der Waals surface area contributed by atoms with Gasteiger partial charge in [0.1, 0.15) is 0 Å². The molecule has 2 aromatic rings. The van der Waals surface area contributed by atoms with Crippen LogP contribution in [0.25, 0.3) is 22.4 Å². The second kappa shape index (κ2) is 10.3. The minimum Gasteiger partial charge on any atom is -0.383 e. The number of allylic oxidation sites excluding steroid dienone is 3. The number of nitrogens with zero attached hydrogens (tertiary/aromatic N) is 3. The van der Waals surface area contributed by atoms with Gasteiger partial charge < -0.3 is 4.90 Å². The van der Waals surface area contributed by atoms with E-state index in [9.17, 15) is 4.79 Å². The van der Waals surface area contributed by atoms with E-state index in [0.29, 0.717) is 24.4 Å². The third kappa shape index (κ3) is 5.27. The molecule has 1 aliphatic carbocycles. The zero-order valence-electron chi connectivity index (χ0n) is 20.8. The van der Waals surface area contributed by atoms with Crippen LogP contribution in [-0.2, 0) is 0 Å². The molecule has 4 heteroatoms. The van der Waals surface area contributed by atoms with E-state index < -0.39 is 0 Å². The number of aliphatic imine (C=N–C) groups is 1. The molecular formula is C30H35N3O. The third-order valence-corrected chi connectivity index (χ3v) is 6.81. The number of aromatic nitrogens is 1. The van der Waals surface area contributed by atoms with Crippen LogP contribution in [-0.4, -0.2) is 42.5 Å². The fourth-order valence-electron chi connectivity index (χ4n) is 5.01. The van der Waals surface area contributed by atoms with Gasteiger partial charge in [0.2, 0.25) is 0 Å². The summed E-state index contributed by atoms with van der Waals surface area (Å²) < 4.78 is 0. The van der Waals surface area contributed by atoms with Crippen molar-refractivity contribution in [2.75, 3.05) is 20.6 Å². The van der Waals surface area contributed by atoms with Crippen LogP contribution in [0.1, 0.15) is 59.8 Å². The summed E-state index contributed by atoms with van der Waals surface area (Å²) in [6.07, 6.45) is 11.9. The van der Waals surface area contributed by atoms with Gasteiger partial charge in [-0.2, -0.15) is 0 Å². The Labute approximate surface area is 203 Å². The lowest BCUT2D eigenvalue weighted by atomic mass is 9.73. The number of hydrogen-bond donors (Lipinski definition) is 0. The molecule has 4 rings (SSSR count). The van der Waals surface area contributed by atoms with Gasteiger partial charge in [-0.1, -0.05) is 43.9 Å². The maximum Gasteiger partial charge on any atom is 0.165 e. The molecule has 0 amide bonds. The molecule has 1 aromatic heterocycles. The molecule has 0 N–H and O–H groups in total. The number of benzene rings is 1. The van der Waals surface area contributed by atoms with Crippen LogP contribution in [0.5, 0.6) is 0 Å². The average Bonchev–Trinajstić information content (AvgIpc) is 3.33. The molecule has 1 aromatic carbocycles. The number of ketones is 1. The minimum atomic E-state index is 0.178. The van der Waals surface area contributed by atoms with Crippen molar-refractivity contribution in [1.82, 2.24) is 9.88 Å². The molecule has 0 unspecified atom stereocenters. The lowest BCUT2D eigenvalue weighted by Gasteiger charge is -2.32. The first-order valence-corrected chi connectivity index (χ1v) is 12.2. The molecule has 0 bridgehead atoms. The number of rotatable bonds is 9. The molecule has 1 saturated carbocycles. The smallest absolute Gasteiger partial charge is 0.165 e. The van der Waals surface area contributed by atoms with Crippen LogP contribution < -0.4 is 0 Å². The molecule has 1 fully saturated rings. The monoisotopic (exact) mass is 453 g/mol. The zero-order chi connectivity index (χ0) is 24.2. The largest absolute Gasteiger partial charge is 0.383 e. The van der Waals surface area contributed by atoms with Crippen molar-refractivity contribution in [2.45, 2.75) is 39.5 Å². The van der Waals surface area contributed by atoms with Gasteiger partial charge in [0, 0.05) is 55.3 Å². The van der Waals surface area contributed by atoms with E-state index in [1.54, 1.807) is 0 Å². The SMILES string of the molecule is C=C/C(=C\N(C)C)c1cccc(-c2nc(C)c(C3=CCN=C3)cc2C(=O)CC[C@H]2C[C@@H](C)C2)c1. The Morgan fingerprint density at radius 1 is 1.24 bits per heavy atom. The van der Waals surface area contributed by atoms with E-state index in [2.05, 4.69) is 36.7 Å². The highest BCUT2D eigenvalue weighted by Crippen LogP contribution is 2.37. The topological polar surface area (TPSA) is 45.6 Å². The van der Waals surface area contributed by atoms with Crippen molar-refractivity contribution in [3.63, 3.8) is 0 Å². The summed E-state index contributed by atoms with van der Waals surface area (Å²) in [6.45, 7) is 8.97. The van der Waals surface area contributed by atoms with Crippen molar-refractivity contribution in [1.29, 1.82) is 0 Å². The number of pyridine rings is 1. The van der Waals surface area contributed by atoms with E-state index in [-0.39, 0.29) is 5.78 Å². The number of aryl methyl sites for hydroxylation is 1. The summed E-state index contributed by atoms with van der Waals surface area (Å²) in [4.78, 5) is 24.9. The maximum atomic E-state index is 13.5. The fourth-order valence-corrected chi connectivity index (χ4v) is 5.01. The first kappa shape index (κ1) is 23.9. The highest BCUT2D eigenvalue weighted by Gasteiger charge is 2.27. The van der Waals surface area contributed by atoms with E-state index in [1.165, 1.54) is 12.8 Å². The van der Waals surface area contributed by atoms with Crippen LogP contribution in [0.3, 0.4) is 0 Å². The van der Waals surface area contributed by atoms with Gasteiger partial charge in [-0.3, -0.25) is 14.8 Å². The maximum absolute atomic E-state index is 13.5. The summed E-state index contributed by atoms with van der Waals surface area (Å²) in [5, 5.41) is 0. The highest BCUT2D eigenvalue weighted by atomic mass is 16.1. The molecule has 0 radical (unpaired) electrons. The second-order valence-corrected chi connectivity index (χ2v) is 9.91. The first-order valence-electron chi connectivity index (χ1n) is 12.2. The number of Topliss-reactive ketones (excluding diaryl/α,β-unsaturated/α-hetero) is 1. The van der Waals surface area contributed by atoms with Gasteiger partial charge in [-0.05, 0) is 66.9 Å². The lowest BCUT2D eigenvalue weighted by molar-refractivity contribution is 0.0954. The zero-order valence-corrected chi connectivity index (χ0v) is 20.8. The standard InChI is InChI=1S/C30H35N3O/c1-6-23(19-33(4)5)24-8-7-9-25(16-24)30-28(29(34)11-10-22-14-20(2)15-22)17-27(21(3)32-30)26-12-13-31-18-26/h6-9,12,16-20,22H,1,10-11,13-15H2,2-5H3/b23-19+/t20-,22+.